The minimum Gasteiger partial charge on any atom is -0.507 e. The van der Waals surface area contributed by atoms with Gasteiger partial charge < -0.3 is 30.1 Å². The number of ether oxygens (including phenoxy) is 2. The van der Waals surface area contributed by atoms with Crippen molar-refractivity contribution in [2.75, 3.05) is 40.4 Å². The summed E-state index contributed by atoms with van der Waals surface area (Å²) in [6.45, 7) is 6.33. The number of hydrogen-bond acceptors (Lipinski definition) is 7. The summed E-state index contributed by atoms with van der Waals surface area (Å²) in [6.07, 6.45) is 1.63. The van der Waals surface area contributed by atoms with E-state index < -0.39 is 23.6 Å². The molecule has 9 nitrogen and oxygen atoms in total. The number of aryl methyl sites for hydroxylation is 1. The highest BCUT2D eigenvalue weighted by atomic mass is 16.5. The van der Waals surface area contributed by atoms with E-state index >= 15 is 0 Å². The highest BCUT2D eigenvalue weighted by Crippen LogP contribution is 2.40. The Morgan fingerprint density at radius 2 is 1.86 bits per heavy atom. The molecule has 1 fully saturated rings. The quantitative estimate of drug-likeness (QED) is 0.213. The second-order valence-electron chi connectivity index (χ2n) is 8.70. The topological polar surface area (TPSA) is 122 Å². The van der Waals surface area contributed by atoms with E-state index in [1.54, 1.807) is 48.5 Å². The van der Waals surface area contributed by atoms with Crippen LogP contribution in [0.25, 0.3) is 5.76 Å². The van der Waals surface area contributed by atoms with E-state index in [1.807, 2.05) is 25.9 Å². The maximum atomic E-state index is 13.2. The van der Waals surface area contributed by atoms with Crippen LogP contribution in [0.3, 0.4) is 0 Å². The summed E-state index contributed by atoms with van der Waals surface area (Å²) >= 11 is 0. The third kappa shape index (κ3) is 5.92. The van der Waals surface area contributed by atoms with Crippen LogP contribution < -0.4 is 15.2 Å². The van der Waals surface area contributed by atoms with Crippen LogP contribution >= 0.6 is 0 Å². The van der Waals surface area contributed by atoms with E-state index in [4.69, 9.17) is 15.2 Å². The van der Waals surface area contributed by atoms with Crippen molar-refractivity contribution >= 4 is 23.4 Å². The van der Waals surface area contributed by atoms with Crippen molar-refractivity contribution in [3.8, 4) is 11.5 Å². The van der Waals surface area contributed by atoms with E-state index in [-0.39, 0.29) is 24.5 Å². The molecule has 36 heavy (non-hydrogen) atoms. The standard InChI is InChI=1S/C27H31N3O6/c1-5-14-35-21-11-8-19(15-17(21)2)25(32)23-24(30(13-12-29(3)4)27(34)26(23)33)18-6-9-20(10-7-18)36-16-22(28)31/h5-11,15,24,32H,1,12-14,16H2,2-4H3,(H2,28,31)/b25-23+. The molecule has 0 radical (unpaired) electrons. The molecule has 3 N–H and O–H groups in total. The van der Waals surface area contributed by atoms with Crippen LogP contribution in [-0.2, 0) is 14.4 Å². The highest BCUT2D eigenvalue weighted by Gasteiger charge is 2.45. The molecule has 2 amide bonds. The zero-order valence-electron chi connectivity index (χ0n) is 20.7. The molecule has 190 valence electrons. The van der Waals surface area contributed by atoms with E-state index in [0.717, 1.165) is 5.56 Å². The summed E-state index contributed by atoms with van der Waals surface area (Å²) in [5.74, 6) is -1.27. The van der Waals surface area contributed by atoms with Crippen LogP contribution in [0.15, 0.2) is 60.7 Å². The molecule has 0 aromatic heterocycles. The summed E-state index contributed by atoms with van der Waals surface area (Å²) in [6, 6.07) is 10.9. The van der Waals surface area contributed by atoms with E-state index in [0.29, 0.717) is 35.8 Å². The molecule has 2 aromatic rings. The maximum absolute atomic E-state index is 13.2. The second kappa shape index (κ2) is 11.5. The van der Waals surface area contributed by atoms with E-state index in [1.165, 1.54) is 4.90 Å². The summed E-state index contributed by atoms with van der Waals surface area (Å²) in [7, 11) is 3.74. The number of carbonyl (C=O) groups is 3. The molecule has 2 aromatic carbocycles. The van der Waals surface area contributed by atoms with Crippen molar-refractivity contribution in [2.24, 2.45) is 5.73 Å². The number of likely N-dealkylation sites (N-methyl/N-ethyl adjacent to an activating group) is 1. The lowest BCUT2D eigenvalue weighted by Crippen LogP contribution is -2.35. The van der Waals surface area contributed by atoms with Gasteiger partial charge in [0.1, 0.15) is 23.9 Å². The van der Waals surface area contributed by atoms with Gasteiger partial charge in [0, 0.05) is 18.7 Å². The summed E-state index contributed by atoms with van der Waals surface area (Å²) in [4.78, 5) is 40.6. The largest absolute Gasteiger partial charge is 0.507 e. The lowest BCUT2D eigenvalue weighted by molar-refractivity contribution is -0.140. The number of Topliss-reactive ketones (excluding diaryl/α,β-unsaturated/α-hetero) is 1. The molecule has 1 unspecified atom stereocenters. The Bertz CT molecular complexity index is 1190. The Labute approximate surface area is 210 Å². The Morgan fingerprint density at radius 1 is 1.17 bits per heavy atom. The molecular formula is C27H31N3O6. The van der Waals surface area contributed by atoms with Crippen LogP contribution in [-0.4, -0.2) is 72.9 Å². The Hall–Kier alpha value is -4.11. The number of aliphatic hydroxyl groups is 1. The molecule has 0 aliphatic carbocycles. The van der Waals surface area contributed by atoms with Gasteiger partial charge in [0.15, 0.2) is 6.61 Å². The number of nitrogens with zero attached hydrogens (tertiary/aromatic N) is 2. The minimum atomic E-state index is -0.799. The molecule has 3 rings (SSSR count). The first-order chi connectivity index (χ1) is 17.1. The molecule has 9 heteroatoms. The van der Waals surface area contributed by atoms with E-state index in [9.17, 15) is 19.5 Å². The van der Waals surface area contributed by atoms with Gasteiger partial charge in [-0.1, -0.05) is 24.8 Å². The third-order valence-corrected chi connectivity index (χ3v) is 5.71. The molecule has 1 aliphatic heterocycles. The van der Waals surface area contributed by atoms with Gasteiger partial charge in [-0.05, 0) is 62.5 Å². The number of aliphatic hydroxyl groups excluding tert-OH is 1. The Balaban J connectivity index is 2.05. The number of likely N-dealkylation sites (tertiary alicyclic amines) is 1. The summed E-state index contributed by atoms with van der Waals surface area (Å²) < 4.78 is 10.9. The van der Waals surface area contributed by atoms with Gasteiger partial charge in [-0.25, -0.2) is 0 Å². The molecule has 1 heterocycles. The van der Waals surface area contributed by atoms with Crippen molar-refractivity contribution in [3.05, 3.63) is 77.4 Å². The maximum Gasteiger partial charge on any atom is 0.295 e. The van der Waals surface area contributed by atoms with Gasteiger partial charge >= 0.3 is 0 Å². The smallest absolute Gasteiger partial charge is 0.295 e. The molecule has 1 atom stereocenters. The predicted molar refractivity (Wildman–Crippen MR) is 136 cm³/mol. The minimum absolute atomic E-state index is 0.00344. The first kappa shape index (κ1) is 26.5. The molecule has 1 saturated heterocycles. The number of benzene rings is 2. The van der Waals surface area contributed by atoms with Crippen LogP contribution in [0.2, 0.25) is 0 Å². The number of amides is 2. The number of nitrogens with two attached hydrogens (primary N) is 1. The van der Waals surface area contributed by atoms with Gasteiger partial charge in [-0.3, -0.25) is 14.4 Å². The SMILES string of the molecule is C=CCOc1ccc(/C(O)=C2\C(=O)C(=O)N(CCN(C)C)C2c2ccc(OCC(N)=O)cc2)cc1C. The van der Waals surface area contributed by atoms with Crippen LogP contribution in [0.5, 0.6) is 11.5 Å². The number of primary amides is 1. The second-order valence-corrected chi connectivity index (χ2v) is 8.70. The Morgan fingerprint density at radius 3 is 2.44 bits per heavy atom. The average molecular weight is 494 g/mol. The number of ketones is 1. The van der Waals surface area contributed by atoms with Gasteiger partial charge in [-0.15, -0.1) is 0 Å². The first-order valence-corrected chi connectivity index (χ1v) is 11.4. The molecule has 0 spiro atoms. The van der Waals surface area contributed by atoms with Crippen molar-refractivity contribution in [1.82, 2.24) is 9.80 Å². The van der Waals surface area contributed by atoms with Crippen molar-refractivity contribution in [2.45, 2.75) is 13.0 Å². The molecule has 0 saturated carbocycles. The van der Waals surface area contributed by atoms with Crippen molar-refractivity contribution in [1.29, 1.82) is 0 Å². The molecule has 0 bridgehead atoms. The van der Waals surface area contributed by atoms with Gasteiger partial charge in [-0.2, -0.15) is 0 Å². The van der Waals surface area contributed by atoms with Crippen molar-refractivity contribution in [3.63, 3.8) is 0 Å². The first-order valence-electron chi connectivity index (χ1n) is 11.4. The van der Waals surface area contributed by atoms with Crippen LogP contribution in [0, 0.1) is 6.92 Å². The lowest BCUT2D eigenvalue weighted by Gasteiger charge is -2.26. The Kier molecular flexibility index (Phi) is 8.50. The van der Waals surface area contributed by atoms with Gasteiger partial charge in [0.25, 0.3) is 17.6 Å². The summed E-state index contributed by atoms with van der Waals surface area (Å²) in [5, 5.41) is 11.3. The molecule has 1 aliphatic rings. The van der Waals surface area contributed by atoms with E-state index in [2.05, 4.69) is 6.58 Å². The highest BCUT2D eigenvalue weighted by molar-refractivity contribution is 6.46. The van der Waals surface area contributed by atoms with Gasteiger partial charge in [0.2, 0.25) is 0 Å². The fourth-order valence-electron chi connectivity index (χ4n) is 3.93. The summed E-state index contributed by atoms with van der Waals surface area (Å²) in [5.41, 5.74) is 6.91. The normalized spacial score (nSPS) is 16.9. The predicted octanol–water partition coefficient (Wildman–Crippen LogP) is 2.41. The number of hydrogen-bond donors (Lipinski definition) is 2. The van der Waals surface area contributed by atoms with Gasteiger partial charge in [0.05, 0.1) is 11.6 Å². The number of carbonyl (C=O) groups excluding carboxylic acids is 3. The fourth-order valence-corrected chi connectivity index (χ4v) is 3.93. The number of rotatable bonds is 11. The zero-order chi connectivity index (χ0) is 26.4. The lowest BCUT2D eigenvalue weighted by atomic mass is 9.94. The average Bonchev–Trinajstić information content (AvgIpc) is 3.10. The molecular weight excluding hydrogens is 462 g/mol. The fraction of sp³-hybridized carbons (Fsp3) is 0.296. The van der Waals surface area contributed by atoms with Crippen LogP contribution in [0.4, 0.5) is 0 Å². The van der Waals surface area contributed by atoms with Crippen LogP contribution in [0.1, 0.15) is 22.7 Å². The van der Waals surface area contributed by atoms with Crippen molar-refractivity contribution < 1.29 is 29.0 Å². The zero-order valence-corrected chi connectivity index (χ0v) is 20.7. The third-order valence-electron chi connectivity index (χ3n) is 5.71. The monoisotopic (exact) mass is 493 g/mol.